The maximum Gasteiger partial charge on any atom is 0.0110 e. The van der Waals surface area contributed by atoms with Gasteiger partial charge in [-0.25, -0.2) is 0 Å². The average Bonchev–Trinajstić information content (AvgIpc) is 2.68. The Morgan fingerprint density at radius 1 is 0.615 bits per heavy atom. The summed E-state index contributed by atoms with van der Waals surface area (Å²) in [4.78, 5) is 5.31. The lowest BCUT2D eigenvalue weighted by atomic mass is 10.0. The Morgan fingerprint density at radius 2 is 0.962 bits per heavy atom. The fraction of sp³-hybridized carbons (Fsp3) is 1.00. The van der Waals surface area contributed by atoms with Crippen LogP contribution in [0.15, 0.2) is 0 Å². The molecule has 1 saturated heterocycles. The molecule has 1 heterocycles. The molecule has 0 atom stereocenters. The number of rotatable bonds is 16. The number of hydrogen-bond acceptors (Lipinski definition) is 4. The van der Waals surface area contributed by atoms with Crippen LogP contribution in [-0.2, 0) is 0 Å². The molecule has 0 radical (unpaired) electrons. The largest absolute Gasteiger partial charge is 0.316 e. The molecular formula is C22H48N4. The summed E-state index contributed by atoms with van der Waals surface area (Å²) in [6.45, 7) is 21.5. The van der Waals surface area contributed by atoms with E-state index in [0.717, 1.165) is 11.8 Å². The molecule has 1 rings (SSSR count). The third kappa shape index (κ3) is 10.9. The molecule has 0 aliphatic carbocycles. The third-order valence-corrected chi connectivity index (χ3v) is 6.30. The molecule has 0 saturated carbocycles. The summed E-state index contributed by atoms with van der Waals surface area (Å²) in [6, 6.07) is 0. The van der Waals surface area contributed by atoms with Gasteiger partial charge in [-0.2, -0.15) is 0 Å². The molecule has 26 heavy (non-hydrogen) atoms. The summed E-state index contributed by atoms with van der Waals surface area (Å²) in [7, 11) is 0. The van der Waals surface area contributed by atoms with Gasteiger partial charge in [0.05, 0.1) is 0 Å². The van der Waals surface area contributed by atoms with E-state index in [9.17, 15) is 0 Å². The summed E-state index contributed by atoms with van der Waals surface area (Å²) in [5.41, 5.74) is 0. The summed E-state index contributed by atoms with van der Waals surface area (Å²) in [5, 5.41) is 7.30. The van der Waals surface area contributed by atoms with Crippen LogP contribution in [0.4, 0.5) is 0 Å². The van der Waals surface area contributed by atoms with Crippen LogP contribution in [0.25, 0.3) is 0 Å². The van der Waals surface area contributed by atoms with E-state index in [0.29, 0.717) is 0 Å². The predicted octanol–water partition coefficient (Wildman–Crippen LogP) is 3.44. The van der Waals surface area contributed by atoms with Gasteiger partial charge in [0.25, 0.3) is 0 Å². The number of piperazine rings is 1. The van der Waals surface area contributed by atoms with E-state index in [1.165, 1.54) is 104 Å². The predicted molar refractivity (Wildman–Crippen MR) is 116 cm³/mol. The van der Waals surface area contributed by atoms with E-state index in [-0.39, 0.29) is 0 Å². The van der Waals surface area contributed by atoms with Gasteiger partial charge in [0.1, 0.15) is 0 Å². The van der Waals surface area contributed by atoms with Gasteiger partial charge in [-0.3, -0.25) is 0 Å². The van der Waals surface area contributed by atoms with Crippen molar-refractivity contribution in [2.75, 3.05) is 65.4 Å². The second-order valence-electron chi connectivity index (χ2n) is 8.16. The van der Waals surface area contributed by atoms with E-state index in [4.69, 9.17) is 0 Å². The van der Waals surface area contributed by atoms with Crippen molar-refractivity contribution in [2.45, 2.75) is 66.2 Å². The molecule has 0 aromatic rings. The Kier molecular flexibility index (Phi) is 14.6. The highest BCUT2D eigenvalue weighted by atomic mass is 15.3. The lowest BCUT2D eigenvalue weighted by Gasteiger charge is -2.34. The zero-order valence-corrected chi connectivity index (χ0v) is 18.4. The first-order valence-electron chi connectivity index (χ1n) is 11.6. The highest BCUT2D eigenvalue weighted by Gasteiger charge is 2.15. The average molecular weight is 369 g/mol. The summed E-state index contributed by atoms with van der Waals surface area (Å²) in [6.07, 6.45) is 7.80. The minimum absolute atomic E-state index is 0.864. The van der Waals surface area contributed by atoms with Crippen molar-refractivity contribution >= 4 is 0 Å². The molecule has 0 unspecified atom stereocenters. The van der Waals surface area contributed by atoms with Crippen LogP contribution in [0.5, 0.6) is 0 Å². The fourth-order valence-corrected chi connectivity index (χ4v) is 3.86. The molecule has 4 heteroatoms. The van der Waals surface area contributed by atoms with E-state index in [1.807, 2.05) is 0 Å². The molecule has 156 valence electrons. The van der Waals surface area contributed by atoms with Gasteiger partial charge < -0.3 is 20.4 Å². The normalized spacial score (nSPS) is 16.8. The van der Waals surface area contributed by atoms with Gasteiger partial charge in [-0.1, -0.05) is 53.4 Å². The van der Waals surface area contributed by atoms with Crippen molar-refractivity contribution in [1.82, 2.24) is 20.4 Å². The SMILES string of the molecule is CCC(CC)CNCCCN1CCN(CCCNCC(CC)CC)CC1. The van der Waals surface area contributed by atoms with E-state index >= 15 is 0 Å². The molecular weight excluding hydrogens is 320 g/mol. The summed E-state index contributed by atoms with van der Waals surface area (Å²) in [5.74, 6) is 1.73. The molecule has 1 aliphatic heterocycles. The standard InChI is InChI=1S/C22H48N4/c1-5-21(6-2)19-23-11-9-13-25-15-17-26(18-16-25)14-10-12-24-20-22(7-3)8-4/h21-24H,5-20H2,1-4H3. The molecule has 0 amide bonds. The number of hydrogen-bond donors (Lipinski definition) is 2. The van der Waals surface area contributed by atoms with Gasteiger partial charge in [-0.05, 0) is 63.9 Å². The van der Waals surface area contributed by atoms with Crippen molar-refractivity contribution in [2.24, 2.45) is 11.8 Å². The molecule has 4 nitrogen and oxygen atoms in total. The Balaban J connectivity index is 1.95. The first-order valence-corrected chi connectivity index (χ1v) is 11.6. The zero-order valence-electron chi connectivity index (χ0n) is 18.4. The van der Waals surface area contributed by atoms with E-state index in [2.05, 4.69) is 48.1 Å². The molecule has 1 fully saturated rings. The second kappa shape index (κ2) is 15.9. The lowest BCUT2D eigenvalue weighted by Crippen LogP contribution is -2.47. The van der Waals surface area contributed by atoms with Crippen molar-refractivity contribution < 1.29 is 0 Å². The Labute approximate surface area is 164 Å². The Hall–Kier alpha value is -0.160. The first-order chi connectivity index (χ1) is 12.7. The molecule has 1 aliphatic rings. The number of nitrogens with one attached hydrogen (secondary N) is 2. The van der Waals surface area contributed by atoms with Gasteiger partial charge in [0, 0.05) is 26.2 Å². The summed E-state index contributed by atoms with van der Waals surface area (Å²) < 4.78 is 0. The third-order valence-electron chi connectivity index (χ3n) is 6.30. The Morgan fingerprint density at radius 3 is 1.27 bits per heavy atom. The van der Waals surface area contributed by atoms with Crippen molar-refractivity contribution in [1.29, 1.82) is 0 Å². The van der Waals surface area contributed by atoms with Crippen LogP contribution >= 0.6 is 0 Å². The second-order valence-corrected chi connectivity index (χ2v) is 8.16. The van der Waals surface area contributed by atoms with Gasteiger partial charge in [-0.15, -0.1) is 0 Å². The minimum atomic E-state index is 0.864. The molecule has 2 N–H and O–H groups in total. The smallest absolute Gasteiger partial charge is 0.0110 e. The lowest BCUT2D eigenvalue weighted by molar-refractivity contribution is 0.130. The van der Waals surface area contributed by atoms with Crippen LogP contribution in [0.3, 0.4) is 0 Å². The molecule has 0 aromatic heterocycles. The van der Waals surface area contributed by atoms with Crippen molar-refractivity contribution in [3.63, 3.8) is 0 Å². The van der Waals surface area contributed by atoms with Gasteiger partial charge >= 0.3 is 0 Å². The van der Waals surface area contributed by atoms with Crippen molar-refractivity contribution in [3.8, 4) is 0 Å². The van der Waals surface area contributed by atoms with Crippen LogP contribution < -0.4 is 10.6 Å². The van der Waals surface area contributed by atoms with Crippen LogP contribution in [-0.4, -0.2) is 75.2 Å². The van der Waals surface area contributed by atoms with E-state index < -0.39 is 0 Å². The van der Waals surface area contributed by atoms with Crippen LogP contribution in [0.1, 0.15) is 66.2 Å². The quantitative estimate of drug-likeness (QED) is 0.409. The monoisotopic (exact) mass is 368 g/mol. The Bertz CT molecular complexity index is 265. The summed E-state index contributed by atoms with van der Waals surface area (Å²) >= 11 is 0. The topological polar surface area (TPSA) is 30.5 Å². The fourth-order valence-electron chi connectivity index (χ4n) is 3.86. The molecule has 0 spiro atoms. The van der Waals surface area contributed by atoms with Crippen LogP contribution in [0, 0.1) is 11.8 Å². The maximum absolute atomic E-state index is 3.65. The van der Waals surface area contributed by atoms with E-state index in [1.54, 1.807) is 0 Å². The minimum Gasteiger partial charge on any atom is -0.316 e. The molecule has 0 aromatic carbocycles. The van der Waals surface area contributed by atoms with Gasteiger partial charge in [0.15, 0.2) is 0 Å². The first kappa shape index (κ1) is 23.9. The van der Waals surface area contributed by atoms with Crippen LogP contribution in [0.2, 0.25) is 0 Å². The molecule has 0 bridgehead atoms. The number of nitrogens with zero attached hydrogens (tertiary/aromatic N) is 2. The highest BCUT2D eigenvalue weighted by molar-refractivity contribution is 4.72. The highest BCUT2D eigenvalue weighted by Crippen LogP contribution is 2.07. The van der Waals surface area contributed by atoms with Crippen molar-refractivity contribution in [3.05, 3.63) is 0 Å². The zero-order chi connectivity index (χ0) is 19.0. The van der Waals surface area contributed by atoms with Gasteiger partial charge in [0.2, 0.25) is 0 Å². The maximum atomic E-state index is 3.65.